The Kier molecular flexibility index (Phi) is 4.48. The van der Waals surface area contributed by atoms with Crippen molar-refractivity contribution >= 4 is 22.1 Å². The molecular formula is C16H17BrN6O. The fourth-order valence-electron chi connectivity index (χ4n) is 2.31. The molecule has 124 valence electrons. The van der Waals surface area contributed by atoms with Crippen molar-refractivity contribution in [3.8, 4) is 11.7 Å². The van der Waals surface area contributed by atoms with Gasteiger partial charge in [-0.15, -0.1) is 10.2 Å². The van der Waals surface area contributed by atoms with Crippen molar-refractivity contribution in [2.45, 2.75) is 20.8 Å². The van der Waals surface area contributed by atoms with Gasteiger partial charge in [-0.1, -0.05) is 15.9 Å². The first-order chi connectivity index (χ1) is 11.5. The SMILES string of the molecule is COc1ccc(Br)c(C=Nn2c(C)nnc2-n2nc(C)cc2C)c1. The van der Waals surface area contributed by atoms with E-state index in [0.29, 0.717) is 11.8 Å². The Labute approximate surface area is 148 Å². The molecule has 0 saturated carbocycles. The maximum atomic E-state index is 5.25. The monoisotopic (exact) mass is 388 g/mol. The lowest BCUT2D eigenvalue weighted by Crippen LogP contribution is -2.08. The minimum absolute atomic E-state index is 0.549. The first-order valence-electron chi connectivity index (χ1n) is 7.33. The number of nitrogens with zero attached hydrogens (tertiary/aromatic N) is 6. The van der Waals surface area contributed by atoms with Gasteiger partial charge in [-0.2, -0.15) is 14.9 Å². The van der Waals surface area contributed by atoms with Crippen LogP contribution in [0.15, 0.2) is 33.8 Å². The van der Waals surface area contributed by atoms with Crippen LogP contribution in [0.4, 0.5) is 0 Å². The summed E-state index contributed by atoms with van der Waals surface area (Å²) in [5.41, 5.74) is 2.78. The third kappa shape index (κ3) is 3.09. The summed E-state index contributed by atoms with van der Waals surface area (Å²) in [6, 6.07) is 7.68. The van der Waals surface area contributed by atoms with Gasteiger partial charge < -0.3 is 4.74 Å². The lowest BCUT2D eigenvalue weighted by Gasteiger charge is -2.05. The molecule has 3 rings (SSSR count). The van der Waals surface area contributed by atoms with Gasteiger partial charge in [0.25, 0.3) is 5.95 Å². The van der Waals surface area contributed by atoms with Crippen LogP contribution in [-0.2, 0) is 0 Å². The molecule has 0 unspecified atom stereocenters. The number of ether oxygens (including phenoxy) is 1. The summed E-state index contributed by atoms with van der Waals surface area (Å²) in [5, 5.41) is 17.3. The zero-order valence-corrected chi connectivity index (χ0v) is 15.4. The molecule has 1 aromatic carbocycles. The highest BCUT2D eigenvalue weighted by Crippen LogP contribution is 2.21. The molecule has 0 atom stereocenters. The van der Waals surface area contributed by atoms with Crippen LogP contribution in [0.1, 0.15) is 22.8 Å². The smallest absolute Gasteiger partial charge is 0.273 e. The molecule has 0 spiro atoms. The lowest BCUT2D eigenvalue weighted by molar-refractivity contribution is 0.414. The molecule has 0 aliphatic rings. The number of hydrogen-bond donors (Lipinski definition) is 0. The van der Waals surface area contributed by atoms with E-state index in [2.05, 4.69) is 36.3 Å². The van der Waals surface area contributed by atoms with Gasteiger partial charge >= 0.3 is 0 Å². The van der Waals surface area contributed by atoms with Crippen LogP contribution in [-0.4, -0.2) is 38.0 Å². The van der Waals surface area contributed by atoms with E-state index in [4.69, 9.17) is 4.74 Å². The van der Waals surface area contributed by atoms with Gasteiger partial charge in [0.05, 0.1) is 19.0 Å². The van der Waals surface area contributed by atoms with Crippen molar-refractivity contribution in [2.75, 3.05) is 7.11 Å². The number of aromatic nitrogens is 5. The summed E-state index contributed by atoms with van der Waals surface area (Å²) in [5.74, 6) is 1.99. The zero-order chi connectivity index (χ0) is 17.3. The van der Waals surface area contributed by atoms with Gasteiger partial charge in [0, 0.05) is 15.7 Å². The highest BCUT2D eigenvalue weighted by atomic mass is 79.9. The quantitative estimate of drug-likeness (QED) is 0.644. The molecule has 24 heavy (non-hydrogen) atoms. The van der Waals surface area contributed by atoms with E-state index in [1.165, 1.54) is 0 Å². The second kappa shape index (κ2) is 6.56. The Morgan fingerprint density at radius 2 is 1.96 bits per heavy atom. The molecule has 0 aliphatic heterocycles. The van der Waals surface area contributed by atoms with Crippen LogP contribution in [0.2, 0.25) is 0 Å². The van der Waals surface area contributed by atoms with Gasteiger partial charge in [-0.3, -0.25) is 0 Å². The minimum atomic E-state index is 0.549. The summed E-state index contributed by atoms with van der Waals surface area (Å²) >= 11 is 3.52. The Balaban J connectivity index is 2.02. The van der Waals surface area contributed by atoms with Crippen LogP contribution in [0.25, 0.3) is 5.95 Å². The standard InChI is InChI=1S/C16H17BrN6O/c1-10-7-11(2)22(21-10)16-20-19-12(3)23(16)18-9-13-8-14(24-4)5-6-15(13)17/h5-9H,1-4H3. The molecule has 0 fully saturated rings. The zero-order valence-electron chi connectivity index (χ0n) is 13.9. The van der Waals surface area contributed by atoms with E-state index in [0.717, 1.165) is 27.2 Å². The lowest BCUT2D eigenvalue weighted by atomic mass is 10.2. The van der Waals surface area contributed by atoms with E-state index in [1.807, 2.05) is 45.0 Å². The van der Waals surface area contributed by atoms with Crippen molar-refractivity contribution in [3.63, 3.8) is 0 Å². The number of hydrogen-bond acceptors (Lipinski definition) is 5. The molecule has 0 radical (unpaired) electrons. The molecule has 0 saturated heterocycles. The molecule has 3 aromatic rings. The van der Waals surface area contributed by atoms with Crippen molar-refractivity contribution in [2.24, 2.45) is 5.10 Å². The first-order valence-corrected chi connectivity index (χ1v) is 8.12. The van der Waals surface area contributed by atoms with Crippen LogP contribution < -0.4 is 4.74 Å². The van der Waals surface area contributed by atoms with Crippen molar-refractivity contribution in [1.29, 1.82) is 0 Å². The van der Waals surface area contributed by atoms with E-state index in [9.17, 15) is 0 Å². The Bertz CT molecular complexity index is 911. The number of methoxy groups -OCH3 is 1. The summed E-state index contributed by atoms with van der Waals surface area (Å²) in [4.78, 5) is 0. The highest BCUT2D eigenvalue weighted by molar-refractivity contribution is 9.10. The van der Waals surface area contributed by atoms with Crippen molar-refractivity contribution in [3.05, 3.63) is 51.5 Å². The van der Waals surface area contributed by atoms with Crippen molar-refractivity contribution in [1.82, 2.24) is 24.7 Å². The number of aryl methyl sites for hydroxylation is 3. The van der Waals surface area contributed by atoms with Crippen LogP contribution in [0.5, 0.6) is 5.75 Å². The maximum absolute atomic E-state index is 5.25. The Hall–Kier alpha value is -2.48. The third-order valence-electron chi connectivity index (χ3n) is 3.49. The average Bonchev–Trinajstić information content (AvgIpc) is 3.08. The normalized spacial score (nSPS) is 11.4. The predicted octanol–water partition coefficient (Wildman–Crippen LogP) is 3.04. The van der Waals surface area contributed by atoms with E-state index < -0.39 is 0 Å². The molecule has 8 heteroatoms. The first kappa shape index (κ1) is 16.4. The van der Waals surface area contributed by atoms with Gasteiger partial charge in [-0.25, -0.2) is 4.68 Å². The van der Waals surface area contributed by atoms with E-state index >= 15 is 0 Å². The average molecular weight is 389 g/mol. The molecule has 0 bridgehead atoms. The fraction of sp³-hybridized carbons (Fsp3) is 0.250. The second-order valence-electron chi connectivity index (χ2n) is 5.33. The summed E-state index contributed by atoms with van der Waals surface area (Å²) < 4.78 is 9.56. The number of benzene rings is 1. The van der Waals surface area contributed by atoms with E-state index in [-0.39, 0.29) is 0 Å². The highest BCUT2D eigenvalue weighted by Gasteiger charge is 2.13. The van der Waals surface area contributed by atoms with E-state index in [1.54, 1.807) is 22.7 Å². The van der Waals surface area contributed by atoms with Gasteiger partial charge in [-0.05, 0) is 45.0 Å². The number of rotatable bonds is 4. The summed E-state index contributed by atoms with van der Waals surface area (Å²) in [6.45, 7) is 5.75. The minimum Gasteiger partial charge on any atom is -0.497 e. The second-order valence-corrected chi connectivity index (χ2v) is 6.18. The Morgan fingerprint density at radius 3 is 2.62 bits per heavy atom. The van der Waals surface area contributed by atoms with Crippen LogP contribution >= 0.6 is 15.9 Å². The molecule has 2 aromatic heterocycles. The molecule has 2 heterocycles. The predicted molar refractivity (Wildman–Crippen MR) is 95.0 cm³/mol. The molecule has 7 nitrogen and oxygen atoms in total. The largest absolute Gasteiger partial charge is 0.497 e. The molecule has 0 amide bonds. The van der Waals surface area contributed by atoms with Gasteiger partial charge in [0.15, 0.2) is 5.82 Å². The van der Waals surface area contributed by atoms with Crippen LogP contribution in [0.3, 0.4) is 0 Å². The topological polar surface area (TPSA) is 70.1 Å². The van der Waals surface area contributed by atoms with Gasteiger partial charge in [0.1, 0.15) is 5.75 Å². The Morgan fingerprint density at radius 1 is 1.17 bits per heavy atom. The van der Waals surface area contributed by atoms with Gasteiger partial charge in [0.2, 0.25) is 0 Å². The summed E-state index contributed by atoms with van der Waals surface area (Å²) in [6.07, 6.45) is 1.73. The maximum Gasteiger partial charge on any atom is 0.273 e. The number of halogens is 1. The van der Waals surface area contributed by atoms with Crippen LogP contribution in [0, 0.1) is 20.8 Å². The van der Waals surface area contributed by atoms with Crippen molar-refractivity contribution < 1.29 is 4.74 Å². The molecule has 0 N–H and O–H groups in total. The summed E-state index contributed by atoms with van der Waals surface area (Å²) in [7, 11) is 1.63. The third-order valence-corrected chi connectivity index (χ3v) is 4.22. The fourth-order valence-corrected chi connectivity index (χ4v) is 2.66. The molecular weight excluding hydrogens is 372 g/mol. The molecule has 0 aliphatic carbocycles.